The first-order chi connectivity index (χ1) is 19.6. The number of halogens is 2. The van der Waals surface area contributed by atoms with Crippen LogP contribution in [0.3, 0.4) is 0 Å². The molecule has 9 heteroatoms. The minimum Gasteiger partial charge on any atom is -0.393 e. The van der Waals surface area contributed by atoms with Gasteiger partial charge in [0.2, 0.25) is 10.0 Å². The lowest BCUT2D eigenvalue weighted by atomic mass is 9.32. The molecule has 6 nitrogen and oxygen atoms in total. The fourth-order valence-corrected chi connectivity index (χ4v) is 11.3. The molecular formula is C33H43F2NO5S. The van der Waals surface area contributed by atoms with Crippen LogP contribution in [0.25, 0.3) is 0 Å². The van der Waals surface area contributed by atoms with Crippen molar-refractivity contribution in [2.75, 3.05) is 19.3 Å². The van der Waals surface area contributed by atoms with Gasteiger partial charge in [-0.3, -0.25) is 4.79 Å². The minimum atomic E-state index is -3.55. The molecule has 2 spiro atoms. The Kier molecular flexibility index (Phi) is 6.83. The molecular weight excluding hydrogens is 560 g/mol. The highest BCUT2D eigenvalue weighted by Gasteiger charge is 2.74. The van der Waals surface area contributed by atoms with Gasteiger partial charge in [0.15, 0.2) is 17.4 Å². The third kappa shape index (κ3) is 3.88. The Hall–Kier alpha value is -1.94. The Labute approximate surface area is 247 Å². The standard InChI is InChI=1S/C33H43F2NO5S/c1-5-16-36(42(4,40)41)20-32(39)13-10-27-30(32,3)12-9-26-29(2)11-8-22(37)18-31(29)14-15-33(26,27)23(19-31)28(38)21-6-7-24(34)25(35)17-21/h6-7,14-15,17,19,22,26-27,37,39H,5,8-13,16,18,20H2,1-4H3. The first-order valence-electron chi connectivity index (χ1n) is 15.4. The topological polar surface area (TPSA) is 94.9 Å². The Morgan fingerprint density at radius 2 is 1.69 bits per heavy atom. The minimum absolute atomic E-state index is 0.000694. The summed E-state index contributed by atoms with van der Waals surface area (Å²) in [7, 11) is -3.55. The van der Waals surface area contributed by atoms with E-state index < -0.39 is 49.6 Å². The van der Waals surface area contributed by atoms with Crippen LogP contribution in [0.1, 0.15) is 82.5 Å². The summed E-state index contributed by atoms with van der Waals surface area (Å²) in [6.07, 6.45) is 12.0. The number of benzene rings is 1. The van der Waals surface area contributed by atoms with E-state index in [0.29, 0.717) is 50.6 Å². The summed E-state index contributed by atoms with van der Waals surface area (Å²) in [6.45, 7) is 6.56. The summed E-state index contributed by atoms with van der Waals surface area (Å²) in [6, 6.07) is 3.27. The summed E-state index contributed by atoms with van der Waals surface area (Å²) in [5.41, 5.74) is -2.91. The molecule has 6 aliphatic carbocycles. The summed E-state index contributed by atoms with van der Waals surface area (Å²) >= 11 is 0. The SMILES string of the molecule is CCCN(CC1(O)CCC2C34C=CC5(C=C3C(=O)c3ccc(F)c(F)c3)CC(O)CCC5(C)C4CCC21C)S(C)(=O)=O. The molecule has 0 saturated heterocycles. The van der Waals surface area contributed by atoms with Crippen molar-refractivity contribution in [1.82, 2.24) is 4.31 Å². The quantitative estimate of drug-likeness (QED) is 0.321. The highest BCUT2D eigenvalue weighted by atomic mass is 32.2. The second-order valence-electron chi connectivity index (χ2n) is 14.4. The first-order valence-corrected chi connectivity index (χ1v) is 17.2. The maximum absolute atomic E-state index is 14.4. The van der Waals surface area contributed by atoms with E-state index in [4.69, 9.17) is 0 Å². The largest absolute Gasteiger partial charge is 0.393 e. The molecule has 3 fully saturated rings. The molecule has 7 rings (SSSR count). The Bertz CT molecular complexity index is 1490. The molecule has 6 aliphatic rings. The molecule has 2 N–H and O–H groups in total. The summed E-state index contributed by atoms with van der Waals surface area (Å²) in [4.78, 5) is 14.4. The average Bonchev–Trinajstić information content (AvgIpc) is 3.19. The predicted octanol–water partition coefficient (Wildman–Crippen LogP) is 5.41. The zero-order chi connectivity index (χ0) is 30.5. The molecule has 0 amide bonds. The Morgan fingerprint density at radius 1 is 1.02 bits per heavy atom. The van der Waals surface area contributed by atoms with Gasteiger partial charge in [-0.2, -0.15) is 4.31 Å². The monoisotopic (exact) mass is 603 g/mol. The summed E-state index contributed by atoms with van der Waals surface area (Å²) < 4.78 is 55.1. The van der Waals surface area contributed by atoms with Gasteiger partial charge in [-0.05, 0) is 86.8 Å². The number of hydrogen-bond donors (Lipinski definition) is 2. The second kappa shape index (κ2) is 9.53. The van der Waals surface area contributed by atoms with E-state index in [9.17, 15) is 32.2 Å². The van der Waals surface area contributed by atoms with Gasteiger partial charge < -0.3 is 10.2 Å². The van der Waals surface area contributed by atoms with Crippen LogP contribution in [0.4, 0.5) is 8.78 Å². The van der Waals surface area contributed by atoms with Crippen molar-refractivity contribution in [2.45, 2.75) is 83.8 Å². The molecule has 230 valence electrons. The van der Waals surface area contributed by atoms with Gasteiger partial charge >= 0.3 is 0 Å². The third-order valence-electron chi connectivity index (χ3n) is 12.5. The van der Waals surface area contributed by atoms with Gasteiger partial charge in [-0.25, -0.2) is 17.2 Å². The third-order valence-corrected chi connectivity index (χ3v) is 13.8. The molecule has 0 aliphatic heterocycles. The van der Waals surface area contributed by atoms with Crippen LogP contribution in [-0.4, -0.2) is 59.8 Å². The predicted molar refractivity (Wildman–Crippen MR) is 156 cm³/mol. The van der Waals surface area contributed by atoms with Crippen molar-refractivity contribution in [2.24, 2.45) is 33.5 Å². The summed E-state index contributed by atoms with van der Waals surface area (Å²) in [5, 5.41) is 23.2. The van der Waals surface area contributed by atoms with Crippen LogP contribution < -0.4 is 0 Å². The number of rotatable bonds is 7. The zero-order valence-electron chi connectivity index (χ0n) is 25.0. The van der Waals surface area contributed by atoms with Crippen molar-refractivity contribution in [3.63, 3.8) is 0 Å². The van der Waals surface area contributed by atoms with Crippen LogP contribution in [0.2, 0.25) is 0 Å². The van der Waals surface area contributed by atoms with Gasteiger partial charge in [0.25, 0.3) is 0 Å². The number of sulfonamides is 1. The number of allylic oxidation sites excluding steroid dienone is 4. The lowest BCUT2D eigenvalue weighted by Gasteiger charge is -2.71. The fourth-order valence-electron chi connectivity index (χ4n) is 10.3. The number of Topliss-reactive ketones (excluding diaryl/α,β-unsaturated/α-hetero) is 1. The molecule has 2 bridgehead atoms. The number of carbonyl (C=O) groups excluding carboxylic acids is 1. The number of nitrogens with zero attached hydrogens (tertiary/aromatic N) is 1. The maximum atomic E-state index is 14.4. The van der Waals surface area contributed by atoms with Gasteiger partial charge in [0, 0.05) is 40.5 Å². The highest BCUT2D eigenvalue weighted by molar-refractivity contribution is 7.88. The number of fused-ring (bicyclic) bond motifs is 1. The smallest absolute Gasteiger partial charge is 0.211 e. The van der Waals surface area contributed by atoms with Gasteiger partial charge in [-0.1, -0.05) is 39.0 Å². The second-order valence-corrected chi connectivity index (χ2v) is 16.3. The van der Waals surface area contributed by atoms with E-state index in [0.717, 1.165) is 25.0 Å². The van der Waals surface area contributed by atoms with Crippen molar-refractivity contribution in [3.8, 4) is 0 Å². The molecule has 1 aromatic carbocycles. The molecule has 1 aromatic rings. The van der Waals surface area contributed by atoms with Crippen LogP contribution in [0.5, 0.6) is 0 Å². The van der Waals surface area contributed by atoms with E-state index in [1.165, 1.54) is 16.6 Å². The molecule has 0 aromatic heterocycles. The van der Waals surface area contributed by atoms with E-state index in [2.05, 4.69) is 26.0 Å². The normalized spacial score (nSPS) is 42.2. The first kappa shape index (κ1) is 30.1. The van der Waals surface area contributed by atoms with Crippen LogP contribution in [0, 0.1) is 45.1 Å². The van der Waals surface area contributed by atoms with E-state index >= 15 is 0 Å². The number of hydrogen-bond acceptors (Lipinski definition) is 5. The maximum Gasteiger partial charge on any atom is 0.211 e. The molecule has 8 atom stereocenters. The molecule has 0 heterocycles. The number of aliphatic hydroxyl groups excluding tert-OH is 1. The molecule has 3 saturated carbocycles. The lowest BCUT2D eigenvalue weighted by Crippen LogP contribution is -2.67. The molecule has 0 radical (unpaired) electrons. The van der Waals surface area contributed by atoms with Crippen molar-refractivity contribution < 1.29 is 32.2 Å². The van der Waals surface area contributed by atoms with E-state index in [1.54, 1.807) is 0 Å². The number of ketones is 1. The summed E-state index contributed by atoms with van der Waals surface area (Å²) in [5.74, 6) is -2.58. The van der Waals surface area contributed by atoms with Crippen LogP contribution >= 0.6 is 0 Å². The van der Waals surface area contributed by atoms with E-state index in [-0.39, 0.29) is 35.1 Å². The zero-order valence-corrected chi connectivity index (χ0v) is 25.8. The Balaban J connectivity index is 1.51. The molecule has 42 heavy (non-hydrogen) atoms. The van der Waals surface area contributed by atoms with Gasteiger partial charge in [0.1, 0.15) is 0 Å². The molecule has 8 unspecified atom stereocenters. The van der Waals surface area contributed by atoms with E-state index in [1.807, 2.05) is 13.0 Å². The fraction of sp³-hybridized carbons (Fsp3) is 0.667. The van der Waals surface area contributed by atoms with Crippen LogP contribution in [0.15, 0.2) is 42.0 Å². The number of carbonyl (C=O) groups is 1. The van der Waals surface area contributed by atoms with Crippen LogP contribution in [-0.2, 0) is 10.0 Å². The van der Waals surface area contributed by atoms with Gasteiger partial charge in [0.05, 0.1) is 18.0 Å². The Morgan fingerprint density at radius 3 is 2.36 bits per heavy atom. The lowest BCUT2D eigenvalue weighted by molar-refractivity contribution is -0.173. The average molecular weight is 604 g/mol. The highest BCUT2D eigenvalue weighted by Crippen LogP contribution is 2.78. The van der Waals surface area contributed by atoms with Crippen molar-refractivity contribution in [1.29, 1.82) is 0 Å². The van der Waals surface area contributed by atoms with Gasteiger partial charge in [-0.15, -0.1) is 0 Å². The number of aliphatic hydroxyl groups is 2. The van der Waals surface area contributed by atoms with Crippen molar-refractivity contribution >= 4 is 15.8 Å². The van der Waals surface area contributed by atoms with Crippen molar-refractivity contribution in [3.05, 3.63) is 59.2 Å².